The van der Waals surface area contributed by atoms with Gasteiger partial charge in [0.25, 0.3) is 5.91 Å². The van der Waals surface area contributed by atoms with Crippen LogP contribution in [0.1, 0.15) is 11.4 Å². The number of carbonyl (C=O) groups excluding carboxylic acids is 1. The van der Waals surface area contributed by atoms with E-state index in [1.54, 1.807) is 0 Å². The lowest BCUT2D eigenvalue weighted by Crippen LogP contribution is -2.20. The second kappa shape index (κ2) is 8.39. The molecule has 0 aliphatic rings. The molecule has 0 fully saturated rings. The summed E-state index contributed by atoms with van der Waals surface area (Å²) < 4.78 is 5.48. The second-order valence-electron chi connectivity index (χ2n) is 6.55. The van der Waals surface area contributed by atoms with Crippen molar-refractivity contribution in [2.45, 2.75) is 12.8 Å². The van der Waals surface area contributed by atoms with Crippen LogP contribution in [-0.2, 0) is 17.6 Å². The molecule has 4 rings (SSSR count). The zero-order valence-electron chi connectivity index (χ0n) is 15.4. The van der Waals surface area contributed by atoms with Gasteiger partial charge in [-0.1, -0.05) is 42.5 Å². The van der Waals surface area contributed by atoms with Crippen molar-refractivity contribution in [3.63, 3.8) is 0 Å². The van der Waals surface area contributed by atoms with Gasteiger partial charge in [0.1, 0.15) is 11.6 Å². The summed E-state index contributed by atoms with van der Waals surface area (Å²) in [6.07, 6.45) is 1.65. The summed E-state index contributed by atoms with van der Waals surface area (Å²) in [6.45, 7) is -0.0206. The Bertz CT molecular complexity index is 1040. The molecule has 0 saturated heterocycles. The molecule has 1 aromatic heterocycles. The van der Waals surface area contributed by atoms with E-state index in [2.05, 4.69) is 21.4 Å². The van der Waals surface area contributed by atoms with Crippen molar-refractivity contribution in [1.29, 1.82) is 0 Å². The summed E-state index contributed by atoms with van der Waals surface area (Å²) >= 11 is 0. The van der Waals surface area contributed by atoms with Gasteiger partial charge < -0.3 is 15.0 Å². The third-order valence-electron chi connectivity index (χ3n) is 4.41. The number of nitrogens with zero attached hydrogens (tertiary/aromatic N) is 1. The number of benzene rings is 3. The topological polar surface area (TPSA) is 67.0 Å². The van der Waals surface area contributed by atoms with Gasteiger partial charge in [-0.15, -0.1) is 0 Å². The van der Waals surface area contributed by atoms with Crippen LogP contribution in [0.15, 0.2) is 78.9 Å². The van der Waals surface area contributed by atoms with Crippen molar-refractivity contribution < 1.29 is 9.53 Å². The molecule has 0 radical (unpaired) electrons. The van der Waals surface area contributed by atoms with E-state index in [0.717, 1.165) is 41.0 Å². The number of carbonyl (C=O) groups is 1. The van der Waals surface area contributed by atoms with Crippen molar-refractivity contribution in [2.75, 3.05) is 11.9 Å². The van der Waals surface area contributed by atoms with Gasteiger partial charge in [-0.2, -0.15) is 0 Å². The Balaban J connectivity index is 1.32. The predicted molar refractivity (Wildman–Crippen MR) is 111 cm³/mol. The summed E-state index contributed by atoms with van der Waals surface area (Å²) in [5.41, 5.74) is 3.94. The fourth-order valence-corrected chi connectivity index (χ4v) is 3.05. The molecule has 1 amide bonds. The van der Waals surface area contributed by atoms with Crippen molar-refractivity contribution in [2.24, 2.45) is 0 Å². The van der Waals surface area contributed by atoms with E-state index in [4.69, 9.17) is 4.74 Å². The zero-order valence-corrected chi connectivity index (χ0v) is 15.4. The lowest BCUT2D eigenvalue weighted by molar-refractivity contribution is -0.118. The summed E-state index contributed by atoms with van der Waals surface area (Å²) in [5.74, 6) is 1.46. The summed E-state index contributed by atoms with van der Waals surface area (Å²) in [4.78, 5) is 20.1. The third-order valence-corrected chi connectivity index (χ3v) is 4.41. The van der Waals surface area contributed by atoms with Gasteiger partial charge in [-0.05, 0) is 48.4 Å². The SMILES string of the molecule is O=C(COc1ccccc1)Nc1cccc(CCc2nc3ccccc3[nH]2)c1. The first-order valence-corrected chi connectivity index (χ1v) is 9.26. The molecule has 3 aromatic carbocycles. The third kappa shape index (κ3) is 4.57. The second-order valence-corrected chi connectivity index (χ2v) is 6.55. The van der Waals surface area contributed by atoms with Gasteiger partial charge in [0.05, 0.1) is 11.0 Å². The fraction of sp³-hybridized carbons (Fsp3) is 0.130. The number of aromatic nitrogens is 2. The first-order chi connectivity index (χ1) is 13.8. The van der Waals surface area contributed by atoms with Gasteiger partial charge in [0, 0.05) is 12.1 Å². The fourth-order valence-electron chi connectivity index (χ4n) is 3.05. The quantitative estimate of drug-likeness (QED) is 0.507. The molecule has 5 heteroatoms. The smallest absolute Gasteiger partial charge is 0.262 e. The molecule has 0 saturated carbocycles. The molecule has 2 N–H and O–H groups in total. The van der Waals surface area contributed by atoms with Gasteiger partial charge >= 0.3 is 0 Å². The highest BCUT2D eigenvalue weighted by molar-refractivity contribution is 5.91. The van der Waals surface area contributed by atoms with Crippen LogP contribution < -0.4 is 10.1 Å². The molecule has 0 aliphatic heterocycles. The number of para-hydroxylation sites is 3. The average molecular weight is 371 g/mol. The van der Waals surface area contributed by atoms with Crippen LogP contribution in [0.25, 0.3) is 11.0 Å². The van der Waals surface area contributed by atoms with Crippen LogP contribution in [0.3, 0.4) is 0 Å². The Morgan fingerprint density at radius 3 is 2.61 bits per heavy atom. The average Bonchev–Trinajstić information content (AvgIpc) is 3.15. The number of hydrogen-bond donors (Lipinski definition) is 2. The first kappa shape index (κ1) is 17.8. The molecule has 140 valence electrons. The highest BCUT2D eigenvalue weighted by atomic mass is 16.5. The number of imidazole rings is 1. The maximum Gasteiger partial charge on any atom is 0.262 e. The maximum atomic E-state index is 12.1. The molecule has 1 heterocycles. The number of ether oxygens (including phenoxy) is 1. The first-order valence-electron chi connectivity index (χ1n) is 9.26. The zero-order chi connectivity index (χ0) is 19.2. The molecular weight excluding hydrogens is 350 g/mol. The number of fused-ring (bicyclic) bond motifs is 1. The highest BCUT2D eigenvalue weighted by Gasteiger charge is 2.06. The van der Waals surface area contributed by atoms with E-state index in [1.807, 2.05) is 72.8 Å². The van der Waals surface area contributed by atoms with E-state index < -0.39 is 0 Å². The predicted octanol–water partition coefficient (Wildman–Crippen LogP) is 4.37. The number of hydrogen-bond acceptors (Lipinski definition) is 3. The molecule has 4 aromatic rings. The van der Waals surface area contributed by atoms with E-state index in [9.17, 15) is 4.79 Å². The molecule has 5 nitrogen and oxygen atoms in total. The molecule has 28 heavy (non-hydrogen) atoms. The van der Waals surface area contributed by atoms with Crippen molar-refractivity contribution in [3.05, 3.63) is 90.3 Å². The molecule has 0 unspecified atom stereocenters. The number of rotatable bonds is 7. The largest absolute Gasteiger partial charge is 0.484 e. The van der Waals surface area contributed by atoms with Gasteiger partial charge in [0.15, 0.2) is 6.61 Å². The Morgan fingerprint density at radius 2 is 1.75 bits per heavy atom. The summed E-state index contributed by atoms with van der Waals surface area (Å²) in [7, 11) is 0. The molecule has 0 spiro atoms. The van der Waals surface area contributed by atoms with Crippen LogP contribution >= 0.6 is 0 Å². The van der Waals surface area contributed by atoms with Crippen LogP contribution in [-0.4, -0.2) is 22.5 Å². The van der Waals surface area contributed by atoms with E-state index >= 15 is 0 Å². The number of aryl methyl sites for hydroxylation is 2. The number of aromatic amines is 1. The Morgan fingerprint density at radius 1 is 0.929 bits per heavy atom. The van der Waals surface area contributed by atoms with Crippen molar-refractivity contribution >= 4 is 22.6 Å². The lowest BCUT2D eigenvalue weighted by Gasteiger charge is -2.09. The van der Waals surface area contributed by atoms with Crippen LogP contribution in [0.4, 0.5) is 5.69 Å². The number of amides is 1. The van der Waals surface area contributed by atoms with Gasteiger partial charge in [-0.25, -0.2) is 4.98 Å². The lowest BCUT2D eigenvalue weighted by atomic mass is 10.1. The molecular formula is C23H21N3O2. The standard InChI is InChI=1S/C23H21N3O2/c27-23(16-28-19-9-2-1-3-10-19)24-18-8-6-7-17(15-18)13-14-22-25-20-11-4-5-12-21(20)26-22/h1-12,15H,13-14,16H2,(H,24,27)(H,25,26). The Hall–Kier alpha value is -3.60. The van der Waals surface area contributed by atoms with Crippen molar-refractivity contribution in [1.82, 2.24) is 9.97 Å². The van der Waals surface area contributed by atoms with Crippen LogP contribution in [0.2, 0.25) is 0 Å². The molecule has 0 aliphatic carbocycles. The van der Waals surface area contributed by atoms with E-state index in [0.29, 0.717) is 5.75 Å². The van der Waals surface area contributed by atoms with Crippen molar-refractivity contribution in [3.8, 4) is 5.75 Å². The molecule has 0 bridgehead atoms. The van der Waals surface area contributed by atoms with E-state index in [1.165, 1.54) is 0 Å². The van der Waals surface area contributed by atoms with Gasteiger partial charge in [0.2, 0.25) is 0 Å². The maximum absolute atomic E-state index is 12.1. The normalized spacial score (nSPS) is 10.7. The van der Waals surface area contributed by atoms with E-state index in [-0.39, 0.29) is 12.5 Å². The molecule has 0 atom stereocenters. The minimum absolute atomic E-state index is 0.0206. The van der Waals surface area contributed by atoms with Crippen LogP contribution in [0.5, 0.6) is 5.75 Å². The number of nitrogens with one attached hydrogen (secondary N) is 2. The number of H-pyrrole nitrogens is 1. The van der Waals surface area contributed by atoms with Crippen LogP contribution in [0, 0.1) is 0 Å². The monoisotopic (exact) mass is 371 g/mol. The minimum atomic E-state index is -0.182. The Kier molecular flexibility index (Phi) is 5.33. The minimum Gasteiger partial charge on any atom is -0.484 e. The Labute approximate surface area is 163 Å². The summed E-state index contributed by atoms with van der Waals surface area (Å²) in [6, 6.07) is 25.2. The van der Waals surface area contributed by atoms with Gasteiger partial charge in [-0.3, -0.25) is 4.79 Å². The highest BCUT2D eigenvalue weighted by Crippen LogP contribution is 2.15. The summed E-state index contributed by atoms with van der Waals surface area (Å²) in [5, 5.41) is 2.88. The number of anilines is 1.